The normalized spacial score (nSPS) is 11.2. The summed E-state index contributed by atoms with van der Waals surface area (Å²) in [6.45, 7) is 3.76. The largest absolute Gasteiger partial charge is 0.356 e. The van der Waals surface area contributed by atoms with Crippen LogP contribution in [0.3, 0.4) is 0 Å². The zero-order chi connectivity index (χ0) is 13.1. The van der Waals surface area contributed by atoms with Gasteiger partial charge in [-0.25, -0.2) is 0 Å². The van der Waals surface area contributed by atoms with Gasteiger partial charge >= 0.3 is 0 Å². The van der Waals surface area contributed by atoms with Gasteiger partial charge in [-0.1, -0.05) is 18.2 Å². The smallest absolute Gasteiger partial charge is 0.190 e. The molecule has 19 heavy (non-hydrogen) atoms. The minimum atomic E-state index is 0. The molecule has 1 heterocycles. The van der Waals surface area contributed by atoms with Gasteiger partial charge in [0, 0.05) is 38.4 Å². The lowest BCUT2D eigenvalue weighted by Crippen LogP contribution is -2.38. The number of aliphatic imine (C=N–C) groups is 1. The Morgan fingerprint density at radius 1 is 1.32 bits per heavy atom. The van der Waals surface area contributed by atoms with E-state index >= 15 is 0 Å². The molecule has 0 bridgehead atoms. The van der Waals surface area contributed by atoms with Crippen molar-refractivity contribution >= 4 is 29.9 Å². The molecule has 1 aromatic heterocycles. The fourth-order valence-corrected chi connectivity index (χ4v) is 1.52. The number of pyridine rings is 1. The SMILES string of the molecule is CC=CCCNC(=NC)NCCc1ccccn1.I. The Kier molecular flexibility index (Phi) is 11.3. The molecule has 2 N–H and O–H groups in total. The van der Waals surface area contributed by atoms with E-state index in [4.69, 9.17) is 0 Å². The van der Waals surface area contributed by atoms with Crippen LogP contribution < -0.4 is 10.6 Å². The third kappa shape index (κ3) is 8.58. The highest BCUT2D eigenvalue weighted by atomic mass is 127. The third-order valence-corrected chi connectivity index (χ3v) is 2.46. The van der Waals surface area contributed by atoms with Crippen molar-refractivity contribution in [2.75, 3.05) is 20.1 Å². The molecule has 5 heteroatoms. The van der Waals surface area contributed by atoms with Crippen molar-refractivity contribution in [3.05, 3.63) is 42.2 Å². The van der Waals surface area contributed by atoms with E-state index in [9.17, 15) is 0 Å². The van der Waals surface area contributed by atoms with Crippen molar-refractivity contribution in [2.45, 2.75) is 19.8 Å². The van der Waals surface area contributed by atoms with Crippen LogP contribution in [0.5, 0.6) is 0 Å². The molecule has 0 aliphatic heterocycles. The Morgan fingerprint density at radius 3 is 2.74 bits per heavy atom. The number of hydrogen-bond donors (Lipinski definition) is 2. The van der Waals surface area contributed by atoms with E-state index in [0.717, 1.165) is 37.6 Å². The topological polar surface area (TPSA) is 49.3 Å². The van der Waals surface area contributed by atoms with Crippen molar-refractivity contribution in [3.63, 3.8) is 0 Å². The minimum Gasteiger partial charge on any atom is -0.356 e. The average Bonchev–Trinajstić information content (AvgIpc) is 2.42. The Labute approximate surface area is 132 Å². The predicted octanol–water partition coefficient (Wildman–Crippen LogP) is 2.37. The van der Waals surface area contributed by atoms with Crippen molar-refractivity contribution < 1.29 is 0 Å². The van der Waals surface area contributed by atoms with Crippen molar-refractivity contribution in [3.8, 4) is 0 Å². The number of allylic oxidation sites excluding steroid dienone is 1. The molecule has 0 atom stereocenters. The van der Waals surface area contributed by atoms with E-state index in [1.54, 1.807) is 7.05 Å². The van der Waals surface area contributed by atoms with Gasteiger partial charge in [-0.2, -0.15) is 0 Å². The first-order valence-corrected chi connectivity index (χ1v) is 6.32. The van der Waals surface area contributed by atoms with Crippen LogP contribution in [-0.2, 0) is 6.42 Å². The number of hydrogen-bond acceptors (Lipinski definition) is 2. The van der Waals surface area contributed by atoms with Gasteiger partial charge in [0.15, 0.2) is 5.96 Å². The van der Waals surface area contributed by atoms with Crippen molar-refractivity contribution in [1.82, 2.24) is 15.6 Å². The zero-order valence-corrected chi connectivity index (χ0v) is 13.9. The summed E-state index contributed by atoms with van der Waals surface area (Å²) in [7, 11) is 1.78. The monoisotopic (exact) mass is 374 g/mol. The number of guanidine groups is 1. The highest BCUT2D eigenvalue weighted by Crippen LogP contribution is 1.92. The first-order valence-electron chi connectivity index (χ1n) is 6.32. The van der Waals surface area contributed by atoms with Gasteiger partial charge in [0.2, 0.25) is 0 Å². The standard InChI is InChI=1S/C14H22N4.HI/c1-3-4-6-11-17-14(15-2)18-12-9-13-8-5-7-10-16-13;/h3-5,7-8,10H,6,9,11-12H2,1-2H3,(H2,15,17,18);1H. The van der Waals surface area contributed by atoms with E-state index in [1.807, 2.05) is 31.3 Å². The summed E-state index contributed by atoms with van der Waals surface area (Å²) >= 11 is 0. The second-order valence-electron chi connectivity index (χ2n) is 3.85. The van der Waals surface area contributed by atoms with Gasteiger partial charge in [-0.15, -0.1) is 24.0 Å². The number of rotatable bonds is 6. The maximum Gasteiger partial charge on any atom is 0.190 e. The number of halogens is 1. The molecule has 0 radical (unpaired) electrons. The zero-order valence-electron chi connectivity index (χ0n) is 11.6. The van der Waals surface area contributed by atoms with Gasteiger partial charge in [0.05, 0.1) is 0 Å². The molecule has 0 saturated carbocycles. The van der Waals surface area contributed by atoms with Crippen LogP contribution in [0.25, 0.3) is 0 Å². The molecule has 106 valence electrons. The molecule has 1 rings (SSSR count). The van der Waals surface area contributed by atoms with Crippen LogP contribution in [0.4, 0.5) is 0 Å². The Morgan fingerprint density at radius 2 is 2.11 bits per heavy atom. The molecule has 0 unspecified atom stereocenters. The van der Waals surface area contributed by atoms with Crippen LogP contribution in [-0.4, -0.2) is 31.1 Å². The third-order valence-electron chi connectivity index (χ3n) is 2.46. The molecule has 0 fully saturated rings. The highest BCUT2D eigenvalue weighted by Gasteiger charge is 1.97. The second-order valence-corrected chi connectivity index (χ2v) is 3.85. The number of aromatic nitrogens is 1. The molecule has 0 aromatic carbocycles. The van der Waals surface area contributed by atoms with Crippen molar-refractivity contribution in [2.24, 2.45) is 4.99 Å². The lowest BCUT2D eigenvalue weighted by atomic mass is 10.3. The fourth-order valence-electron chi connectivity index (χ4n) is 1.52. The molecular formula is C14H23IN4. The molecule has 4 nitrogen and oxygen atoms in total. The first kappa shape index (κ1) is 17.9. The molecular weight excluding hydrogens is 351 g/mol. The van der Waals surface area contributed by atoms with Gasteiger partial charge in [0.1, 0.15) is 0 Å². The maximum absolute atomic E-state index is 4.28. The van der Waals surface area contributed by atoms with Gasteiger partial charge in [-0.3, -0.25) is 9.98 Å². The highest BCUT2D eigenvalue weighted by molar-refractivity contribution is 14.0. The molecule has 0 aliphatic rings. The van der Waals surface area contributed by atoms with Gasteiger partial charge < -0.3 is 10.6 Å². The maximum atomic E-state index is 4.28. The van der Waals surface area contributed by atoms with E-state index < -0.39 is 0 Å². The Bertz CT molecular complexity index is 376. The summed E-state index contributed by atoms with van der Waals surface area (Å²) in [5, 5.41) is 6.53. The van der Waals surface area contributed by atoms with E-state index in [-0.39, 0.29) is 24.0 Å². The molecule has 0 spiro atoms. The average molecular weight is 374 g/mol. The number of nitrogens with one attached hydrogen (secondary N) is 2. The van der Waals surface area contributed by atoms with Crippen LogP contribution in [0.1, 0.15) is 19.0 Å². The van der Waals surface area contributed by atoms with E-state index in [2.05, 4.69) is 32.8 Å². The van der Waals surface area contributed by atoms with Gasteiger partial charge in [0.25, 0.3) is 0 Å². The second kappa shape index (κ2) is 12.0. The summed E-state index contributed by atoms with van der Waals surface area (Å²) < 4.78 is 0. The van der Waals surface area contributed by atoms with Gasteiger partial charge in [-0.05, 0) is 25.5 Å². The summed E-state index contributed by atoms with van der Waals surface area (Å²) in [5.41, 5.74) is 1.09. The fraction of sp³-hybridized carbons (Fsp3) is 0.429. The van der Waals surface area contributed by atoms with Crippen LogP contribution >= 0.6 is 24.0 Å². The quantitative estimate of drug-likeness (QED) is 0.264. The first-order chi connectivity index (χ1) is 8.86. The summed E-state index contributed by atoms with van der Waals surface area (Å²) in [5.74, 6) is 0.843. The minimum absolute atomic E-state index is 0. The number of nitrogens with zero attached hydrogens (tertiary/aromatic N) is 2. The summed E-state index contributed by atoms with van der Waals surface area (Å²) in [6.07, 6.45) is 7.92. The van der Waals surface area contributed by atoms with Crippen LogP contribution in [0.2, 0.25) is 0 Å². The summed E-state index contributed by atoms with van der Waals surface area (Å²) in [4.78, 5) is 8.45. The Hall–Kier alpha value is -1.11. The van der Waals surface area contributed by atoms with Crippen molar-refractivity contribution in [1.29, 1.82) is 0 Å². The molecule has 0 aliphatic carbocycles. The molecule has 1 aromatic rings. The Balaban J connectivity index is 0.00000324. The molecule has 0 saturated heterocycles. The summed E-state index contributed by atoms with van der Waals surface area (Å²) in [6, 6.07) is 5.97. The lowest BCUT2D eigenvalue weighted by molar-refractivity contribution is 0.782. The lowest BCUT2D eigenvalue weighted by Gasteiger charge is -2.10. The molecule has 0 amide bonds. The van der Waals surface area contributed by atoms with E-state index in [1.165, 1.54) is 0 Å². The predicted molar refractivity (Wildman–Crippen MR) is 92.2 cm³/mol. The van der Waals surface area contributed by atoms with Crippen LogP contribution in [0, 0.1) is 0 Å². The van der Waals surface area contributed by atoms with Crippen LogP contribution in [0.15, 0.2) is 41.5 Å². The van der Waals surface area contributed by atoms with E-state index in [0.29, 0.717) is 0 Å².